The number of likely N-dealkylation sites (N-methyl/N-ethyl adjacent to an activating group) is 1. The smallest absolute Gasteiger partial charge is 0.246 e. The predicted octanol–water partition coefficient (Wildman–Crippen LogP) is 4.51. The van der Waals surface area contributed by atoms with E-state index in [0.717, 1.165) is 34.0 Å². The highest BCUT2D eigenvalue weighted by Crippen LogP contribution is 2.24. The van der Waals surface area contributed by atoms with Crippen molar-refractivity contribution < 1.29 is 9.21 Å². The molecular weight excluding hydrogens is 376 g/mol. The SMILES string of the molecule is Cc1ccc(CN(C)C(=O)/C=C/c2cn(-c3ccccc3)nc2-c2cccnc2)o1. The van der Waals surface area contributed by atoms with Crippen LogP contribution in [0.2, 0.25) is 0 Å². The van der Waals surface area contributed by atoms with Gasteiger partial charge in [0.15, 0.2) is 0 Å². The van der Waals surface area contributed by atoms with Gasteiger partial charge in [0.05, 0.1) is 12.2 Å². The summed E-state index contributed by atoms with van der Waals surface area (Å²) in [6.45, 7) is 2.30. The summed E-state index contributed by atoms with van der Waals surface area (Å²) in [5.74, 6) is 1.47. The molecule has 3 heterocycles. The number of nitrogens with zero attached hydrogens (tertiary/aromatic N) is 4. The number of amides is 1. The zero-order chi connectivity index (χ0) is 20.9. The van der Waals surface area contributed by atoms with Gasteiger partial charge in [-0.3, -0.25) is 9.78 Å². The lowest BCUT2D eigenvalue weighted by Gasteiger charge is -2.13. The second kappa shape index (κ2) is 8.61. The summed E-state index contributed by atoms with van der Waals surface area (Å²) in [7, 11) is 1.75. The third kappa shape index (κ3) is 4.38. The molecule has 1 amide bonds. The van der Waals surface area contributed by atoms with E-state index in [1.807, 2.05) is 72.4 Å². The monoisotopic (exact) mass is 398 g/mol. The van der Waals surface area contributed by atoms with Crippen molar-refractivity contribution >= 4 is 12.0 Å². The number of benzene rings is 1. The summed E-state index contributed by atoms with van der Waals surface area (Å²) in [6, 6.07) is 17.5. The van der Waals surface area contributed by atoms with Gasteiger partial charge in [0, 0.05) is 42.8 Å². The molecule has 0 radical (unpaired) electrons. The lowest BCUT2D eigenvalue weighted by Crippen LogP contribution is -2.23. The molecule has 0 aliphatic rings. The molecule has 0 aliphatic carbocycles. The van der Waals surface area contributed by atoms with Gasteiger partial charge in [-0.25, -0.2) is 4.68 Å². The zero-order valence-electron chi connectivity index (χ0n) is 16.9. The highest BCUT2D eigenvalue weighted by molar-refractivity contribution is 5.92. The van der Waals surface area contributed by atoms with E-state index in [1.165, 1.54) is 0 Å². The minimum absolute atomic E-state index is 0.117. The molecule has 0 fully saturated rings. The van der Waals surface area contributed by atoms with Crippen molar-refractivity contribution in [1.29, 1.82) is 0 Å². The Morgan fingerprint density at radius 1 is 1.13 bits per heavy atom. The van der Waals surface area contributed by atoms with Crippen LogP contribution in [-0.4, -0.2) is 32.6 Å². The summed E-state index contributed by atoms with van der Waals surface area (Å²) in [5, 5.41) is 4.73. The van der Waals surface area contributed by atoms with Crippen LogP contribution in [-0.2, 0) is 11.3 Å². The third-order valence-corrected chi connectivity index (χ3v) is 4.67. The number of rotatable bonds is 6. The van der Waals surface area contributed by atoms with Crippen LogP contribution < -0.4 is 0 Å². The van der Waals surface area contributed by atoms with E-state index in [9.17, 15) is 4.79 Å². The van der Waals surface area contributed by atoms with Crippen LogP contribution in [0.5, 0.6) is 0 Å². The molecule has 4 aromatic rings. The van der Waals surface area contributed by atoms with E-state index >= 15 is 0 Å². The topological polar surface area (TPSA) is 64.2 Å². The number of aryl methyl sites for hydroxylation is 1. The fourth-order valence-electron chi connectivity index (χ4n) is 3.12. The van der Waals surface area contributed by atoms with Crippen molar-refractivity contribution in [3.8, 4) is 16.9 Å². The Balaban J connectivity index is 1.60. The normalized spacial score (nSPS) is 11.1. The average molecular weight is 398 g/mol. The van der Waals surface area contributed by atoms with E-state index in [4.69, 9.17) is 9.52 Å². The number of hydrogen-bond acceptors (Lipinski definition) is 4. The molecule has 1 aromatic carbocycles. The zero-order valence-corrected chi connectivity index (χ0v) is 16.9. The Morgan fingerprint density at radius 3 is 2.67 bits per heavy atom. The molecule has 0 aliphatic heterocycles. The first kappa shape index (κ1) is 19.4. The summed E-state index contributed by atoms with van der Waals surface area (Å²) in [5.41, 5.74) is 3.43. The maximum Gasteiger partial charge on any atom is 0.246 e. The fourth-order valence-corrected chi connectivity index (χ4v) is 3.12. The molecule has 0 saturated heterocycles. The van der Waals surface area contributed by atoms with E-state index < -0.39 is 0 Å². The number of furan rings is 1. The molecule has 0 atom stereocenters. The molecule has 30 heavy (non-hydrogen) atoms. The molecular formula is C24H22N4O2. The standard InChI is InChI=1S/C24H22N4O2/c1-18-10-12-22(30-18)17-27(2)23(29)13-11-20-16-28(21-8-4-3-5-9-21)26-24(20)19-7-6-14-25-15-19/h3-16H,17H2,1-2H3/b13-11+. The van der Waals surface area contributed by atoms with Gasteiger partial charge >= 0.3 is 0 Å². The maximum absolute atomic E-state index is 12.6. The first-order chi connectivity index (χ1) is 14.6. The molecule has 0 spiro atoms. The predicted molar refractivity (Wildman–Crippen MR) is 116 cm³/mol. The molecule has 6 nitrogen and oxygen atoms in total. The van der Waals surface area contributed by atoms with Gasteiger partial charge in [0.25, 0.3) is 0 Å². The Morgan fingerprint density at radius 2 is 1.97 bits per heavy atom. The van der Waals surface area contributed by atoms with Crippen molar-refractivity contribution in [1.82, 2.24) is 19.7 Å². The average Bonchev–Trinajstić information content (AvgIpc) is 3.39. The van der Waals surface area contributed by atoms with E-state index in [2.05, 4.69) is 4.98 Å². The Hall–Kier alpha value is -3.93. The first-order valence-corrected chi connectivity index (χ1v) is 9.64. The van der Waals surface area contributed by atoms with Gasteiger partial charge in [-0.15, -0.1) is 0 Å². The number of para-hydroxylation sites is 1. The second-order valence-electron chi connectivity index (χ2n) is 6.99. The molecule has 4 rings (SSSR count). The molecule has 3 aromatic heterocycles. The fraction of sp³-hybridized carbons (Fsp3) is 0.125. The van der Waals surface area contributed by atoms with E-state index in [1.54, 1.807) is 36.5 Å². The van der Waals surface area contributed by atoms with Crippen LogP contribution in [0.1, 0.15) is 17.1 Å². The summed E-state index contributed by atoms with van der Waals surface area (Å²) >= 11 is 0. The minimum Gasteiger partial charge on any atom is -0.464 e. The number of pyridine rings is 1. The quantitative estimate of drug-likeness (QED) is 0.448. The molecule has 150 valence electrons. The first-order valence-electron chi connectivity index (χ1n) is 9.64. The number of aromatic nitrogens is 3. The van der Waals surface area contributed by atoms with E-state index in [0.29, 0.717) is 6.54 Å². The Labute approximate surface area is 175 Å². The van der Waals surface area contributed by atoms with Crippen LogP contribution >= 0.6 is 0 Å². The number of carbonyl (C=O) groups is 1. The third-order valence-electron chi connectivity index (χ3n) is 4.67. The van der Waals surface area contributed by atoms with Crippen LogP contribution in [0.3, 0.4) is 0 Å². The van der Waals surface area contributed by atoms with Gasteiger partial charge in [-0.1, -0.05) is 18.2 Å². The van der Waals surface area contributed by atoms with Crippen LogP contribution in [0.15, 0.2) is 83.7 Å². The van der Waals surface area contributed by atoms with Crippen molar-refractivity contribution in [2.45, 2.75) is 13.5 Å². The largest absolute Gasteiger partial charge is 0.464 e. The molecule has 0 bridgehead atoms. The van der Waals surface area contributed by atoms with Crippen molar-refractivity contribution in [2.75, 3.05) is 7.05 Å². The second-order valence-corrected chi connectivity index (χ2v) is 6.99. The lowest BCUT2D eigenvalue weighted by molar-refractivity contribution is -0.125. The molecule has 0 unspecified atom stereocenters. The molecule has 6 heteroatoms. The van der Waals surface area contributed by atoms with Gasteiger partial charge in [-0.05, 0) is 49.4 Å². The molecule has 0 saturated carbocycles. The van der Waals surface area contributed by atoms with Gasteiger partial charge < -0.3 is 9.32 Å². The Bertz CT molecular complexity index is 1160. The molecule has 0 N–H and O–H groups in total. The van der Waals surface area contributed by atoms with E-state index in [-0.39, 0.29) is 5.91 Å². The summed E-state index contributed by atoms with van der Waals surface area (Å²) in [6.07, 6.45) is 8.75. The van der Waals surface area contributed by atoms with Crippen LogP contribution in [0, 0.1) is 6.92 Å². The number of hydrogen-bond donors (Lipinski definition) is 0. The minimum atomic E-state index is -0.117. The maximum atomic E-state index is 12.6. The summed E-state index contributed by atoms with van der Waals surface area (Å²) in [4.78, 5) is 18.4. The van der Waals surface area contributed by atoms with Gasteiger partial charge in [0.1, 0.15) is 17.2 Å². The van der Waals surface area contributed by atoms with Crippen LogP contribution in [0.25, 0.3) is 23.0 Å². The Kier molecular flexibility index (Phi) is 5.57. The highest BCUT2D eigenvalue weighted by atomic mass is 16.3. The summed E-state index contributed by atoms with van der Waals surface area (Å²) < 4.78 is 7.37. The van der Waals surface area contributed by atoms with Gasteiger partial charge in [0.2, 0.25) is 5.91 Å². The van der Waals surface area contributed by atoms with Crippen molar-refractivity contribution in [3.63, 3.8) is 0 Å². The van der Waals surface area contributed by atoms with Crippen molar-refractivity contribution in [2.24, 2.45) is 0 Å². The van der Waals surface area contributed by atoms with Crippen molar-refractivity contribution in [3.05, 3.63) is 96.3 Å². The highest BCUT2D eigenvalue weighted by Gasteiger charge is 2.12. The van der Waals surface area contributed by atoms with Crippen LogP contribution in [0.4, 0.5) is 0 Å². The van der Waals surface area contributed by atoms with Gasteiger partial charge in [-0.2, -0.15) is 5.10 Å². The lowest BCUT2D eigenvalue weighted by atomic mass is 10.1. The number of carbonyl (C=O) groups excluding carboxylic acids is 1.